The maximum absolute atomic E-state index is 12.4. The van der Waals surface area contributed by atoms with Gasteiger partial charge in [0.1, 0.15) is 5.75 Å². The molecule has 5 heteroatoms. The number of carbonyl (C=O) groups is 1. The summed E-state index contributed by atoms with van der Waals surface area (Å²) in [5, 5.41) is 3.37. The van der Waals surface area contributed by atoms with Crippen LogP contribution in [0, 0.1) is 0 Å². The molecule has 2 aromatic carbocycles. The highest BCUT2D eigenvalue weighted by Crippen LogP contribution is 2.17. The van der Waals surface area contributed by atoms with Crippen molar-refractivity contribution in [3.63, 3.8) is 0 Å². The molecule has 0 aromatic heterocycles. The Kier molecular flexibility index (Phi) is 5.90. The summed E-state index contributed by atoms with van der Waals surface area (Å²) in [6.45, 7) is 5.92. The van der Waals surface area contributed by atoms with Crippen LogP contribution in [0.2, 0.25) is 0 Å². The van der Waals surface area contributed by atoms with Crippen molar-refractivity contribution in [3.05, 3.63) is 59.7 Å². The van der Waals surface area contributed by atoms with Gasteiger partial charge in [-0.05, 0) is 48.9 Å². The second-order valence-electron chi connectivity index (χ2n) is 5.91. The van der Waals surface area contributed by atoms with Crippen molar-refractivity contribution < 1.29 is 14.3 Å². The van der Waals surface area contributed by atoms with Gasteiger partial charge in [-0.25, -0.2) is 0 Å². The second-order valence-corrected chi connectivity index (χ2v) is 5.91. The highest BCUT2D eigenvalue weighted by molar-refractivity contribution is 5.94. The molecule has 1 aliphatic heterocycles. The van der Waals surface area contributed by atoms with Crippen molar-refractivity contribution in [2.24, 2.45) is 0 Å². The third-order valence-electron chi connectivity index (χ3n) is 4.16. The van der Waals surface area contributed by atoms with E-state index in [4.69, 9.17) is 9.47 Å². The van der Waals surface area contributed by atoms with Gasteiger partial charge in [0.05, 0.1) is 19.8 Å². The van der Waals surface area contributed by atoms with E-state index in [-0.39, 0.29) is 5.91 Å². The molecule has 0 radical (unpaired) electrons. The highest BCUT2D eigenvalue weighted by Gasteiger charge is 2.18. The fourth-order valence-electron chi connectivity index (χ4n) is 2.75. The highest BCUT2D eigenvalue weighted by atomic mass is 16.5. The number of carbonyl (C=O) groups excluding carboxylic acids is 1. The lowest BCUT2D eigenvalue weighted by atomic mass is 10.1. The molecule has 0 saturated carbocycles. The van der Waals surface area contributed by atoms with Gasteiger partial charge in [0.25, 0.3) is 5.91 Å². The number of rotatable bonds is 6. The molecule has 0 aliphatic carbocycles. The molecule has 25 heavy (non-hydrogen) atoms. The molecule has 1 fully saturated rings. The van der Waals surface area contributed by atoms with Crippen LogP contribution in [0.5, 0.6) is 5.75 Å². The minimum Gasteiger partial charge on any atom is -0.494 e. The van der Waals surface area contributed by atoms with E-state index >= 15 is 0 Å². The Labute approximate surface area is 148 Å². The van der Waals surface area contributed by atoms with Crippen LogP contribution in [0.4, 0.5) is 5.69 Å². The summed E-state index contributed by atoms with van der Waals surface area (Å²) in [5.74, 6) is 0.952. The zero-order chi connectivity index (χ0) is 17.5. The summed E-state index contributed by atoms with van der Waals surface area (Å²) in [7, 11) is 0. The van der Waals surface area contributed by atoms with Gasteiger partial charge in [-0.1, -0.05) is 12.1 Å². The molecule has 0 bridgehead atoms. The van der Waals surface area contributed by atoms with Gasteiger partial charge in [-0.2, -0.15) is 0 Å². The zero-order valence-corrected chi connectivity index (χ0v) is 14.5. The van der Waals surface area contributed by atoms with E-state index in [9.17, 15) is 4.79 Å². The van der Waals surface area contributed by atoms with Crippen molar-refractivity contribution in [3.8, 4) is 5.75 Å². The van der Waals surface area contributed by atoms with Crippen molar-refractivity contribution in [2.75, 3.05) is 38.2 Å². The van der Waals surface area contributed by atoms with E-state index in [1.54, 1.807) is 0 Å². The summed E-state index contributed by atoms with van der Waals surface area (Å²) < 4.78 is 10.7. The fraction of sp³-hybridized carbons (Fsp3) is 0.350. The number of ether oxygens (including phenoxy) is 2. The van der Waals surface area contributed by atoms with Gasteiger partial charge >= 0.3 is 0 Å². The zero-order valence-electron chi connectivity index (χ0n) is 14.5. The molecular weight excluding hydrogens is 316 g/mol. The van der Waals surface area contributed by atoms with Crippen molar-refractivity contribution in [2.45, 2.75) is 13.5 Å². The normalized spacial score (nSPS) is 14.2. The van der Waals surface area contributed by atoms with Gasteiger partial charge in [0.15, 0.2) is 0 Å². The number of hydrogen-bond donors (Lipinski definition) is 1. The Hall–Kier alpha value is -2.53. The third-order valence-corrected chi connectivity index (χ3v) is 4.16. The van der Waals surface area contributed by atoms with E-state index in [1.165, 1.54) is 0 Å². The molecule has 1 amide bonds. The maximum atomic E-state index is 12.4. The third kappa shape index (κ3) is 4.73. The molecule has 0 unspecified atom stereocenters. The molecule has 0 atom stereocenters. The minimum absolute atomic E-state index is 0.0781. The lowest BCUT2D eigenvalue weighted by molar-refractivity contribution is 0.0303. The summed E-state index contributed by atoms with van der Waals surface area (Å²) in [6.07, 6.45) is 0. The lowest BCUT2D eigenvalue weighted by Gasteiger charge is -2.26. The first-order valence-corrected chi connectivity index (χ1v) is 8.69. The molecule has 1 aliphatic rings. The number of morpholine rings is 1. The van der Waals surface area contributed by atoms with Crippen LogP contribution < -0.4 is 10.1 Å². The molecule has 3 rings (SSSR count). The molecule has 1 saturated heterocycles. The molecule has 1 heterocycles. The van der Waals surface area contributed by atoms with E-state index in [0.29, 0.717) is 39.5 Å². The van der Waals surface area contributed by atoms with Crippen LogP contribution in [0.25, 0.3) is 0 Å². The van der Waals surface area contributed by atoms with Crippen molar-refractivity contribution >= 4 is 11.6 Å². The minimum atomic E-state index is 0.0781. The molecule has 2 aromatic rings. The summed E-state index contributed by atoms with van der Waals surface area (Å²) in [5.41, 5.74) is 2.90. The first kappa shape index (κ1) is 17.3. The van der Waals surface area contributed by atoms with Crippen LogP contribution >= 0.6 is 0 Å². The predicted octanol–water partition coefficient (Wildman–Crippen LogP) is 3.17. The van der Waals surface area contributed by atoms with Crippen LogP contribution in [-0.2, 0) is 11.3 Å². The Morgan fingerprint density at radius 1 is 1.08 bits per heavy atom. The van der Waals surface area contributed by atoms with Crippen LogP contribution in [0.3, 0.4) is 0 Å². The van der Waals surface area contributed by atoms with Gasteiger partial charge in [-0.15, -0.1) is 0 Å². The Bertz CT molecular complexity index is 677. The summed E-state index contributed by atoms with van der Waals surface area (Å²) >= 11 is 0. The average Bonchev–Trinajstić information content (AvgIpc) is 2.68. The molecular formula is C20H24N2O3. The van der Waals surface area contributed by atoms with E-state index in [0.717, 1.165) is 22.6 Å². The first-order chi connectivity index (χ1) is 12.3. The number of benzene rings is 2. The lowest BCUT2D eigenvalue weighted by Crippen LogP contribution is -2.40. The number of nitrogens with one attached hydrogen (secondary N) is 1. The van der Waals surface area contributed by atoms with E-state index < -0.39 is 0 Å². The smallest absolute Gasteiger partial charge is 0.254 e. The monoisotopic (exact) mass is 340 g/mol. The topological polar surface area (TPSA) is 50.8 Å². The second kappa shape index (κ2) is 8.53. The number of amides is 1. The first-order valence-electron chi connectivity index (χ1n) is 8.69. The van der Waals surface area contributed by atoms with Gasteiger partial charge in [0.2, 0.25) is 0 Å². The molecule has 1 N–H and O–H groups in total. The molecule has 132 valence electrons. The van der Waals surface area contributed by atoms with E-state index in [2.05, 4.69) is 5.32 Å². The Morgan fingerprint density at radius 2 is 1.76 bits per heavy atom. The molecule has 5 nitrogen and oxygen atoms in total. The molecule has 0 spiro atoms. The van der Waals surface area contributed by atoms with Crippen LogP contribution in [0.15, 0.2) is 48.5 Å². The summed E-state index contributed by atoms with van der Waals surface area (Å²) in [6, 6.07) is 15.7. The predicted molar refractivity (Wildman–Crippen MR) is 98.1 cm³/mol. The number of hydrogen-bond acceptors (Lipinski definition) is 4. The Balaban J connectivity index is 1.54. The largest absolute Gasteiger partial charge is 0.494 e. The van der Waals surface area contributed by atoms with Crippen LogP contribution in [-0.4, -0.2) is 43.7 Å². The van der Waals surface area contributed by atoms with Gasteiger partial charge in [-0.3, -0.25) is 4.79 Å². The SMILES string of the molecule is CCOc1ccc(NCc2ccc(C(=O)N3CCOCC3)cc2)cc1. The standard InChI is InChI=1S/C20H24N2O3/c1-2-25-19-9-7-18(8-10-19)21-15-16-3-5-17(6-4-16)20(23)22-11-13-24-14-12-22/h3-10,21H,2,11-15H2,1H3. The quantitative estimate of drug-likeness (QED) is 0.877. The van der Waals surface area contributed by atoms with Crippen molar-refractivity contribution in [1.29, 1.82) is 0 Å². The average molecular weight is 340 g/mol. The van der Waals surface area contributed by atoms with Crippen molar-refractivity contribution in [1.82, 2.24) is 4.90 Å². The van der Waals surface area contributed by atoms with Gasteiger partial charge < -0.3 is 19.7 Å². The van der Waals surface area contributed by atoms with Crippen LogP contribution in [0.1, 0.15) is 22.8 Å². The van der Waals surface area contributed by atoms with E-state index in [1.807, 2.05) is 60.4 Å². The number of nitrogens with zero attached hydrogens (tertiary/aromatic N) is 1. The van der Waals surface area contributed by atoms with Gasteiger partial charge in [0, 0.05) is 30.9 Å². The number of anilines is 1. The fourth-order valence-corrected chi connectivity index (χ4v) is 2.75. The summed E-state index contributed by atoms with van der Waals surface area (Å²) in [4.78, 5) is 14.3. The Morgan fingerprint density at radius 3 is 2.40 bits per heavy atom. The maximum Gasteiger partial charge on any atom is 0.254 e.